The minimum absolute atomic E-state index is 0.106. The second-order valence-electron chi connectivity index (χ2n) is 4.42. The molecular formula is C16H15BrO2. The van der Waals surface area contributed by atoms with Gasteiger partial charge in [0, 0.05) is 16.5 Å². The fourth-order valence-electron chi connectivity index (χ4n) is 1.84. The third-order valence-electron chi connectivity index (χ3n) is 2.99. The molecule has 0 aliphatic carbocycles. The average Bonchev–Trinajstić information content (AvgIpc) is 2.42. The summed E-state index contributed by atoms with van der Waals surface area (Å²) in [5.74, 6) is 0.879. The predicted octanol–water partition coefficient (Wildman–Crippen LogP) is 4.19. The first-order valence-corrected chi connectivity index (χ1v) is 6.81. The summed E-state index contributed by atoms with van der Waals surface area (Å²) in [6, 6.07) is 13.3. The number of benzene rings is 2. The molecule has 0 heterocycles. The van der Waals surface area contributed by atoms with Gasteiger partial charge in [0.1, 0.15) is 5.75 Å². The van der Waals surface area contributed by atoms with Gasteiger partial charge in [-0.15, -0.1) is 0 Å². The molecule has 0 amide bonds. The maximum absolute atomic E-state index is 12.2. The van der Waals surface area contributed by atoms with E-state index in [0.717, 1.165) is 26.9 Å². The van der Waals surface area contributed by atoms with E-state index in [2.05, 4.69) is 15.9 Å². The van der Waals surface area contributed by atoms with E-state index in [9.17, 15) is 4.79 Å². The van der Waals surface area contributed by atoms with Crippen LogP contribution in [-0.4, -0.2) is 12.9 Å². The number of hydrogen-bond donors (Lipinski definition) is 0. The van der Waals surface area contributed by atoms with Crippen LogP contribution >= 0.6 is 15.9 Å². The molecule has 0 spiro atoms. The molecule has 2 aromatic rings. The van der Waals surface area contributed by atoms with Crippen molar-refractivity contribution in [1.82, 2.24) is 0 Å². The molecule has 0 atom stereocenters. The van der Waals surface area contributed by atoms with Crippen molar-refractivity contribution in [1.29, 1.82) is 0 Å². The number of rotatable bonds is 4. The van der Waals surface area contributed by atoms with Crippen LogP contribution in [-0.2, 0) is 6.42 Å². The molecular weight excluding hydrogens is 304 g/mol. The highest BCUT2D eigenvalue weighted by Gasteiger charge is 2.09. The van der Waals surface area contributed by atoms with E-state index >= 15 is 0 Å². The molecule has 0 unspecified atom stereocenters. The molecule has 3 heteroatoms. The predicted molar refractivity (Wildman–Crippen MR) is 79.9 cm³/mol. The Balaban J connectivity index is 2.18. The summed E-state index contributed by atoms with van der Waals surface area (Å²) in [6.07, 6.45) is 0.382. The van der Waals surface area contributed by atoms with Crippen molar-refractivity contribution in [3.05, 3.63) is 63.6 Å². The van der Waals surface area contributed by atoms with Gasteiger partial charge < -0.3 is 4.74 Å². The molecule has 0 aliphatic rings. The third kappa shape index (κ3) is 3.44. The Kier molecular flexibility index (Phi) is 4.38. The van der Waals surface area contributed by atoms with Gasteiger partial charge in [-0.05, 0) is 36.2 Å². The van der Waals surface area contributed by atoms with Crippen molar-refractivity contribution >= 4 is 21.7 Å². The number of methoxy groups -OCH3 is 1. The number of ether oxygens (including phenoxy) is 1. The van der Waals surface area contributed by atoms with Crippen LogP contribution in [0.1, 0.15) is 21.5 Å². The van der Waals surface area contributed by atoms with E-state index in [1.54, 1.807) is 7.11 Å². The smallest absolute Gasteiger partial charge is 0.167 e. The Bertz CT molecular complexity index is 605. The fourth-order valence-corrected chi connectivity index (χ4v) is 2.21. The van der Waals surface area contributed by atoms with Crippen LogP contribution in [0, 0.1) is 6.92 Å². The molecule has 0 fully saturated rings. The van der Waals surface area contributed by atoms with Crippen LogP contribution in [0.5, 0.6) is 5.75 Å². The zero-order chi connectivity index (χ0) is 13.8. The van der Waals surface area contributed by atoms with Crippen LogP contribution in [0.4, 0.5) is 0 Å². The number of carbonyl (C=O) groups excluding carboxylic acids is 1. The summed E-state index contributed by atoms with van der Waals surface area (Å²) >= 11 is 3.45. The molecule has 2 nitrogen and oxygen atoms in total. The van der Waals surface area contributed by atoms with Gasteiger partial charge >= 0.3 is 0 Å². The largest absolute Gasteiger partial charge is 0.497 e. The van der Waals surface area contributed by atoms with E-state index in [1.165, 1.54) is 0 Å². The van der Waals surface area contributed by atoms with Crippen molar-refractivity contribution < 1.29 is 9.53 Å². The van der Waals surface area contributed by atoms with Crippen molar-refractivity contribution in [3.8, 4) is 5.75 Å². The highest BCUT2D eigenvalue weighted by Crippen LogP contribution is 2.20. The highest BCUT2D eigenvalue weighted by molar-refractivity contribution is 9.10. The Morgan fingerprint density at radius 2 is 2.00 bits per heavy atom. The van der Waals surface area contributed by atoms with E-state index in [4.69, 9.17) is 4.74 Å². The summed E-state index contributed by atoms with van der Waals surface area (Å²) in [7, 11) is 1.62. The van der Waals surface area contributed by atoms with Crippen LogP contribution in [0.25, 0.3) is 0 Å². The topological polar surface area (TPSA) is 26.3 Å². The molecule has 0 radical (unpaired) electrons. The Hall–Kier alpha value is -1.61. The van der Waals surface area contributed by atoms with Crippen molar-refractivity contribution in [3.63, 3.8) is 0 Å². The van der Waals surface area contributed by atoms with Crippen LogP contribution in [0.3, 0.4) is 0 Å². The molecule has 0 N–H and O–H groups in total. The molecule has 0 bridgehead atoms. The first-order chi connectivity index (χ1) is 9.10. The number of ketones is 1. The third-order valence-corrected chi connectivity index (χ3v) is 3.85. The number of Topliss-reactive ketones (excluding diaryl/α,β-unsaturated/α-hetero) is 1. The molecule has 2 aromatic carbocycles. The monoisotopic (exact) mass is 318 g/mol. The lowest BCUT2D eigenvalue weighted by atomic mass is 10.0. The number of aryl methyl sites for hydroxylation is 1. The van der Waals surface area contributed by atoms with E-state index in [1.807, 2.05) is 49.4 Å². The summed E-state index contributed by atoms with van der Waals surface area (Å²) < 4.78 is 6.12. The van der Waals surface area contributed by atoms with Crippen LogP contribution in [0.2, 0.25) is 0 Å². The van der Waals surface area contributed by atoms with Gasteiger partial charge in [-0.25, -0.2) is 0 Å². The number of hydrogen-bond acceptors (Lipinski definition) is 2. The first-order valence-electron chi connectivity index (χ1n) is 6.02. The zero-order valence-electron chi connectivity index (χ0n) is 10.9. The van der Waals surface area contributed by atoms with Crippen LogP contribution < -0.4 is 4.74 Å². The minimum atomic E-state index is 0.106. The van der Waals surface area contributed by atoms with E-state index in [0.29, 0.717) is 6.42 Å². The highest BCUT2D eigenvalue weighted by atomic mass is 79.9. The van der Waals surface area contributed by atoms with Gasteiger partial charge in [0.25, 0.3) is 0 Å². The maximum atomic E-state index is 12.2. The Labute approximate surface area is 121 Å². The fraction of sp³-hybridized carbons (Fsp3) is 0.188. The molecule has 0 saturated carbocycles. The lowest BCUT2D eigenvalue weighted by Crippen LogP contribution is -2.04. The van der Waals surface area contributed by atoms with Gasteiger partial charge in [-0.2, -0.15) is 0 Å². The van der Waals surface area contributed by atoms with E-state index in [-0.39, 0.29) is 5.78 Å². The zero-order valence-corrected chi connectivity index (χ0v) is 12.5. The summed E-state index contributed by atoms with van der Waals surface area (Å²) in [5, 5.41) is 0. The quantitative estimate of drug-likeness (QED) is 0.790. The van der Waals surface area contributed by atoms with Gasteiger partial charge in [0.05, 0.1) is 7.11 Å². The van der Waals surface area contributed by atoms with Crippen LogP contribution in [0.15, 0.2) is 46.9 Å². The van der Waals surface area contributed by atoms with Gasteiger partial charge in [-0.3, -0.25) is 4.79 Å². The second kappa shape index (κ2) is 6.02. The SMILES string of the molecule is COc1cccc(CC(=O)c2ccc(C)c(Br)c2)c1. The van der Waals surface area contributed by atoms with Gasteiger partial charge in [0.2, 0.25) is 0 Å². The normalized spacial score (nSPS) is 10.3. The Morgan fingerprint density at radius 3 is 2.68 bits per heavy atom. The molecule has 19 heavy (non-hydrogen) atoms. The number of carbonyl (C=O) groups is 1. The molecule has 0 aromatic heterocycles. The summed E-state index contributed by atoms with van der Waals surface area (Å²) in [6.45, 7) is 2.00. The first kappa shape index (κ1) is 13.8. The molecule has 0 saturated heterocycles. The van der Waals surface area contributed by atoms with Crippen molar-refractivity contribution in [2.75, 3.05) is 7.11 Å². The molecule has 98 valence electrons. The van der Waals surface area contributed by atoms with Crippen molar-refractivity contribution in [2.24, 2.45) is 0 Å². The minimum Gasteiger partial charge on any atom is -0.497 e. The number of halogens is 1. The second-order valence-corrected chi connectivity index (χ2v) is 5.27. The van der Waals surface area contributed by atoms with Gasteiger partial charge in [0.15, 0.2) is 5.78 Å². The summed E-state index contributed by atoms with van der Waals surface area (Å²) in [4.78, 5) is 12.2. The molecule has 2 rings (SSSR count). The molecule has 0 aliphatic heterocycles. The van der Waals surface area contributed by atoms with Gasteiger partial charge in [-0.1, -0.05) is 40.2 Å². The standard InChI is InChI=1S/C16H15BrO2/c1-11-6-7-13(10-15(11)17)16(18)9-12-4-3-5-14(8-12)19-2/h3-8,10H,9H2,1-2H3. The summed E-state index contributed by atoms with van der Waals surface area (Å²) in [5.41, 5.74) is 2.80. The lowest BCUT2D eigenvalue weighted by Gasteiger charge is -2.05. The average molecular weight is 319 g/mol. The lowest BCUT2D eigenvalue weighted by molar-refractivity contribution is 0.0993. The Morgan fingerprint density at radius 1 is 1.21 bits per heavy atom. The van der Waals surface area contributed by atoms with Crippen molar-refractivity contribution in [2.45, 2.75) is 13.3 Å². The van der Waals surface area contributed by atoms with E-state index < -0.39 is 0 Å². The maximum Gasteiger partial charge on any atom is 0.167 e.